The van der Waals surface area contributed by atoms with Gasteiger partial charge in [0, 0.05) is 12.5 Å². The molecule has 6 atom stereocenters. The number of aliphatic hydroxyl groups excluding tert-OH is 3. The molecule has 0 heterocycles. The molecule has 0 aromatic heterocycles. The molecule has 3 fully saturated rings. The van der Waals surface area contributed by atoms with E-state index in [1.54, 1.807) is 5.57 Å². The van der Waals surface area contributed by atoms with Crippen LogP contribution in [0.4, 0.5) is 0 Å². The van der Waals surface area contributed by atoms with Crippen LogP contribution in [0.25, 0.3) is 0 Å². The summed E-state index contributed by atoms with van der Waals surface area (Å²) in [5.41, 5.74) is 3.22. The largest absolute Gasteiger partial charge is 0.396 e. The van der Waals surface area contributed by atoms with E-state index in [9.17, 15) is 10.2 Å². The summed E-state index contributed by atoms with van der Waals surface area (Å²) in [4.78, 5) is 0. The normalized spacial score (nSPS) is 41.1. The Hall–Kier alpha value is -0.640. The molecule has 0 radical (unpaired) electrons. The van der Waals surface area contributed by atoms with Gasteiger partial charge in [-0.2, -0.15) is 0 Å². The lowest BCUT2D eigenvalue weighted by Crippen LogP contribution is -2.36. The quantitative estimate of drug-likeness (QED) is 0.559. The predicted molar refractivity (Wildman–Crippen MR) is 115 cm³/mol. The molecule has 0 aromatic rings. The summed E-state index contributed by atoms with van der Waals surface area (Å²) in [6.45, 7) is 7.23. The Morgan fingerprint density at radius 1 is 1.11 bits per heavy atom. The van der Waals surface area contributed by atoms with Crippen molar-refractivity contribution in [1.29, 1.82) is 0 Å². The van der Waals surface area contributed by atoms with Crippen molar-refractivity contribution in [2.24, 2.45) is 29.1 Å². The number of unbranched alkanes of at least 4 members (excludes halogenated alkanes) is 1. The first kappa shape index (κ1) is 22.1. The van der Waals surface area contributed by atoms with Crippen LogP contribution in [0.3, 0.4) is 0 Å². The summed E-state index contributed by atoms with van der Waals surface area (Å²) in [5, 5.41) is 29.5. The minimum absolute atomic E-state index is 0.0225. The molecule has 0 spiro atoms. The molecule has 3 N–H and O–H groups in total. The van der Waals surface area contributed by atoms with Crippen molar-refractivity contribution in [2.45, 2.75) is 97.2 Å². The van der Waals surface area contributed by atoms with Crippen LogP contribution in [0.1, 0.15) is 85.0 Å². The first-order valence-electron chi connectivity index (χ1n) is 11.7. The standard InChI is InChI=1S/C25H42O3/c1-17(7-4-5-14-26)21-11-12-22-20(8-6-13-25(21,22)3)10-9-19-15-23(27)18(2)24(28)16-19/h9-10,17-18,21-24,26-28H,4-8,11-16H2,1-3H3/b19-9?,20-10+/t17-,18?,21+,22-,23+,24+,25+/m0/s1. The highest BCUT2D eigenvalue weighted by Crippen LogP contribution is 2.59. The van der Waals surface area contributed by atoms with Crippen molar-refractivity contribution in [1.82, 2.24) is 0 Å². The fourth-order valence-electron chi connectivity index (χ4n) is 6.60. The van der Waals surface area contributed by atoms with Gasteiger partial charge >= 0.3 is 0 Å². The summed E-state index contributed by atoms with van der Waals surface area (Å²) in [7, 11) is 0. The van der Waals surface area contributed by atoms with E-state index in [4.69, 9.17) is 5.11 Å². The molecule has 3 nitrogen and oxygen atoms in total. The van der Waals surface area contributed by atoms with Crippen molar-refractivity contribution in [2.75, 3.05) is 6.61 Å². The average molecular weight is 391 g/mol. The summed E-state index contributed by atoms with van der Waals surface area (Å²) in [6.07, 6.45) is 14.9. The molecule has 0 amide bonds. The Labute approximate surface area is 171 Å². The second-order valence-electron chi connectivity index (χ2n) is 10.3. The van der Waals surface area contributed by atoms with Crippen LogP contribution in [-0.4, -0.2) is 34.1 Å². The van der Waals surface area contributed by atoms with Crippen molar-refractivity contribution < 1.29 is 15.3 Å². The van der Waals surface area contributed by atoms with E-state index in [0.717, 1.165) is 24.7 Å². The zero-order valence-electron chi connectivity index (χ0n) is 18.2. The van der Waals surface area contributed by atoms with Crippen LogP contribution in [0, 0.1) is 29.1 Å². The van der Waals surface area contributed by atoms with E-state index in [0.29, 0.717) is 30.8 Å². The Morgan fingerprint density at radius 2 is 1.82 bits per heavy atom. The lowest BCUT2D eigenvalue weighted by molar-refractivity contribution is 0.00407. The van der Waals surface area contributed by atoms with Gasteiger partial charge in [0.25, 0.3) is 0 Å². The minimum atomic E-state index is -0.416. The van der Waals surface area contributed by atoms with Crippen LogP contribution < -0.4 is 0 Å². The Kier molecular flexibility index (Phi) is 7.44. The van der Waals surface area contributed by atoms with E-state index < -0.39 is 12.2 Å². The van der Waals surface area contributed by atoms with Gasteiger partial charge in [-0.15, -0.1) is 0 Å². The maximum atomic E-state index is 10.2. The van der Waals surface area contributed by atoms with Gasteiger partial charge in [0.05, 0.1) is 12.2 Å². The van der Waals surface area contributed by atoms with Crippen molar-refractivity contribution in [3.05, 3.63) is 23.3 Å². The molecular weight excluding hydrogens is 348 g/mol. The van der Waals surface area contributed by atoms with Crippen molar-refractivity contribution in [3.63, 3.8) is 0 Å². The topological polar surface area (TPSA) is 60.7 Å². The van der Waals surface area contributed by atoms with E-state index >= 15 is 0 Å². The van der Waals surface area contributed by atoms with Gasteiger partial charge in [0.2, 0.25) is 0 Å². The lowest BCUT2D eigenvalue weighted by Gasteiger charge is -2.44. The molecule has 0 aliphatic heterocycles. The summed E-state index contributed by atoms with van der Waals surface area (Å²) >= 11 is 0. The fraction of sp³-hybridized carbons (Fsp3) is 0.840. The molecule has 3 rings (SSSR count). The number of allylic oxidation sites excluding steroid dienone is 3. The number of aliphatic hydroxyl groups is 3. The highest BCUT2D eigenvalue weighted by atomic mass is 16.3. The minimum Gasteiger partial charge on any atom is -0.396 e. The molecule has 160 valence electrons. The van der Waals surface area contributed by atoms with Gasteiger partial charge in [-0.05, 0) is 74.5 Å². The van der Waals surface area contributed by atoms with Crippen LogP contribution in [0.2, 0.25) is 0 Å². The monoisotopic (exact) mass is 390 g/mol. The summed E-state index contributed by atoms with van der Waals surface area (Å²) < 4.78 is 0. The third kappa shape index (κ3) is 4.57. The molecule has 3 aliphatic rings. The van der Waals surface area contributed by atoms with Gasteiger partial charge in [0.15, 0.2) is 0 Å². The number of hydrogen-bond donors (Lipinski definition) is 3. The van der Waals surface area contributed by atoms with Crippen LogP contribution in [-0.2, 0) is 0 Å². The SMILES string of the molecule is CC1[C@H](O)CC(=C/C=C2\CCC[C@]3(C)[C@@H]([C@@H](C)CCCCO)CC[C@@H]23)C[C@H]1O. The van der Waals surface area contributed by atoms with Gasteiger partial charge in [-0.25, -0.2) is 0 Å². The zero-order chi connectivity index (χ0) is 20.3. The maximum absolute atomic E-state index is 10.2. The van der Waals surface area contributed by atoms with Gasteiger partial charge in [-0.3, -0.25) is 0 Å². The van der Waals surface area contributed by atoms with Gasteiger partial charge in [-0.1, -0.05) is 56.9 Å². The molecule has 0 aromatic carbocycles. The Morgan fingerprint density at radius 3 is 2.50 bits per heavy atom. The third-order valence-corrected chi connectivity index (χ3v) is 8.48. The summed E-state index contributed by atoms with van der Waals surface area (Å²) in [5.74, 6) is 2.21. The smallest absolute Gasteiger partial charge is 0.0627 e. The zero-order valence-corrected chi connectivity index (χ0v) is 18.2. The Bertz CT molecular complexity index is 566. The van der Waals surface area contributed by atoms with Crippen LogP contribution in [0.5, 0.6) is 0 Å². The highest BCUT2D eigenvalue weighted by molar-refractivity contribution is 5.26. The number of rotatable bonds is 6. The molecule has 3 heteroatoms. The van der Waals surface area contributed by atoms with Crippen LogP contribution in [0.15, 0.2) is 23.3 Å². The predicted octanol–water partition coefficient (Wildman–Crippen LogP) is 5.01. The number of hydrogen-bond acceptors (Lipinski definition) is 3. The highest BCUT2D eigenvalue weighted by Gasteiger charge is 2.50. The van der Waals surface area contributed by atoms with Crippen molar-refractivity contribution in [3.8, 4) is 0 Å². The van der Waals surface area contributed by atoms with E-state index in [2.05, 4.69) is 26.0 Å². The molecule has 28 heavy (non-hydrogen) atoms. The molecule has 0 bridgehead atoms. The molecule has 0 saturated heterocycles. The second-order valence-corrected chi connectivity index (χ2v) is 10.3. The molecule has 0 unspecified atom stereocenters. The number of fused-ring (bicyclic) bond motifs is 1. The van der Waals surface area contributed by atoms with Crippen molar-refractivity contribution >= 4 is 0 Å². The maximum Gasteiger partial charge on any atom is 0.0627 e. The van der Waals surface area contributed by atoms with Gasteiger partial charge in [0.1, 0.15) is 0 Å². The van der Waals surface area contributed by atoms with E-state index in [1.165, 1.54) is 44.1 Å². The van der Waals surface area contributed by atoms with E-state index in [-0.39, 0.29) is 5.92 Å². The molecule has 3 aliphatic carbocycles. The molecule has 3 saturated carbocycles. The fourth-order valence-corrected chi connectivity index (χ4v) is 6.60. The summed E-state index contributed by atoms with van der Waals surface area (Å²) in [6, 6.07) is 0. The lowest BCUT2D eigenvalue weighted by atomic mass is 9.60. The first-order valence-corrected chi connectivity index (χ1v) is 11.7. The first-order chi connectivity index (χ1) is 13.4. The second kappa shape index (κ2) is 9.45. The Balaban J connectivity index is 1.70. The average Bonchev–Trinajstić information content (AvgIpc) is 3.02. The van der Waals surface area contributed by atoms with Gasteiger partial charge < -0.3 is 15.3 Å². The third-order valence-electron chi connectivity index (χ3n) is 8.48. The van der Waals surface area contributed by atoms with Crippen LogP contribution >= 0.6 is 0 Å². The molecular formula is C25H42O3. The van der Waals surface area contributed by atoms with E-state index in [1.807, 2.05) is 6.92 Å².